The van der Waals surface area contributed by atoms with Crippen molar-refractivity contribution < 1.29 is 4.79 Å². The van der Waals surface area contributed by atoms with Gasteiger partial charge in [-0.2, -0.15) is 5.10 Å². The average molecular weight is 435 g/mol. The molecule has 5 aromatic rings. The summed E-state index contributed by atoms with van der Waals surface area (Å²) in [5.74, 6) is 0.897. The third-order valence-corrected chi connectivity index (χ3v) is 6.25. The quantitative estimate of drug-likeness (QED) is 0.436. The molecule has 0 aliphatic carbocycles. The molecule has 2 N–H and O–H groups in total. The molecule has 33 heavy (non-hydrogen) atoms. The van der Waals surface area contributed by atoms with Crippen LogP contribution in [0, 0.1) is 0 Å². The predicted molar refractivity (Wildman–Crippen MR) is 128 cm³/mol. The van der Waals surface area contributed by atoms with Crippen LogP contribution in [-0.4, -0.2) is 36.8 Å². The van der Waals surface area contributed by atoms with Gasteiger partial charge in [0.05, 0.1) is 11.6 Å². The third kappa shape index (κ3) is 2.91. The lowest BCUT2D eigenvalue weighted by molar-refractivity contribution is -0.114. The lowest BCUT2D eigenvalue weighted by atomic mass is 9.97. The highest BCUT2D eigenvalue weighted by Gasteiger charge is 2.31. The maximum atomic E-state index is 12.7. The number of nitrogen functional groups attached to an aromatic ring is 1. The molecule has 0 fully saturated rings. The monoisotopic (exact) mass is 435 g/mol. The van der Waals surface area contributed by atoms with Crippen LogP contribution in [0.5, 0.6) is 0 Å². The average Bonchev–Trinajstić information content (AvgIpc) is 3.45. The number of amides is 1. The van der Waals surface area contributed by atoms with E-state index in [0.717, 1.165) is 22.2 Å². The van der Waals surface area contributed by atoms with Crippen LogP contribution in [-0.2, 0) is 11.2 Å². The van der Waals surface area contributed by atoms with Crippen molar-refractivity contribution in [3.63, 3.8) is 0 Å². The Kier molecular flexibility index (Phi) is 4.26. The Hall–Kier alpha value is -4.46. The first kappa shape index (κ1) is 19.2. The van der Waals surface area contributed by atoms with E-state index in [9.17, 15) is 4.79 Å². The Bertz CT molecular complexity index is 1550. The summed E-state index contributed by atoms with van der Waals surface area (Å²) in [5, 5.41) is 6.79. The predicted octanol–water partition coefficient (Wildman–Crippen LogP) is 3.67. The van der Waals surface area contributed by atoms with E-state index in [1.54, 1.807) is 4.90 Å². The maximum Gasteiger partial charge on any atom is 0.250 e. The third-order valence-electron chi connectivity index (χ3n) is 6.25. The van der Waals surface area contributed by atoms with Crippen molar-refractivity contribution >= 4 is 39.3 Å². The number of hydrogen-bond donors (Lipinski definition) is 1. The van der Waals surface area contributed by atoms with E-state index >= 15 is 0 Å². The number of anilines is 2. The molecule has 6 rings (SSSR count). The Morgan fingerprint density at radius 2 is 1.91 bits per heavy atom. The van der Waals surface area contributed by atoms with Gasteiger partial charge in [0.1, 0.15) is 17.5 Å². The minimum atomic E-state index is -0.144. The number of carbonyl (C=O) groups is 1. The molecule has 8 heteroatoms. The zero-order chi connectivity index (χ0) is 22.5. The molecular formula is C25H21N7O. The summed E-state index contributed by atoms with van der Waals surface area (Å²) in [6.45, 7) is 4.13. The molecule has 0 radical (unpaired) electrons. The number of para-hydroxylation sites is 2. The smallest absolute Gasteiger partial charge is 0.250 e. The normalized spacial score (nSPS) is 15.6. The number of nitrogens with two attached hydrogens (primary N) is 1. The fourth-order valence-electron chi connectivity index (χ4n) is 4.72. The zero-order valence-electron chi connectivity index (χ0n) is 17.8. The summed E-state index contributed by atoms with van der Waals surface area (Å²) >= 11 is 0. The second-order valence-electron chi connectivity index (χ2n) is 8.11. The molecule has 162 valence electrons. The fraction of sp³-hybridized carbons (Fsp3) is 0.120. The van der Waals surface area contributed by atoms with Crippen molar-refractivity contribution in [2.24, 2.45) is 0 Å². The van der Waals surface area contributed by atoms with E-state index in [0.29, 0.717) is 35.6 Å². The number of benzene rings is 2. The van der Waals surface area contributed by atoms with Crippen LogP contribution in [0.4, 0.5) is 11.5 Å². The fourth-order valence-corrected chi connectivity index (χ4v) is 4.72. The lowest BCUT2D eigenvalue weighted by Gasteiger charge is -2.34. The van der Waals surface area contributed by atoms with Crippen LogP contribution in [0.2, 0.25) is 0 Å². The first-order valence-corrected chi connectivity index (χ1v) is 10.7. The molecular weight excluding hydrogens is 414 g/mol. The van der Waals surface area contributed by atoms with E-state index in [1.807, 2.05) is 64.0 Å². The van der Waals surface area contributed by atoms with E-state index in [2.05, 4.69) is 22.6 Å². The summed E-state index contributed by atoms with van der Waals surface area (Å²) < 4.78 is 3.90. The highest BCUT2D eigenvalue weighted by atomic mass is 16.2. The second-order valence-corrected chi connectivity index (χ2v) is 8.11. The number of hydrogen-bond acceptors (Lipinski definition) is 5. The highest BCUT2D eigenvalue weighted by Crippen LogP contribution is 2.35. The Morgan fingerprint density at radius 1 is 1.09 bits per heavy atom. The molecule has 2 aromatic carbocycles. The van der Waals surface area contributed by atoms with Gasteiger partial charge in [0.15, 0.2) is 11.5 Å². The van der Waals surface area contributed by atoms with Crippen molar-refractivity contribution in [3.8, 4) is 5.82 Å². The maximum absolute atomic E-state index is 12.7. The van der Waals surface area contributed by atoms with Crippen molar-refractivity contribution in [2.75, 3.05) is 17.2 Å². The van der Waals surface area contributed by atoms with Gasteiger partial charge in [-0.05, 0) is 41.6 Å². The van der Waals surface area contributed by atoms with Crippen molar-refractivity contribution in [1.29, 1.82) is 0 Å². The summed E-state index contributed by atoms with van der Waals surface area (Å²) in [7, 11) is 0. The minimum Gasteiger partial charge on any atom is -0.383 e. The van der Waals surface area contributed by atoms with Gasteiger partial charge in [0.2, 0.25) is 5.91 Å². The largest absolute Gasteiger partial charge is 0.383 e. The SMILES string of the molecule is C=CC(=O)N1CC(n2nc(-n3ccc4ccccc43)c3c(N)ncnc32)Cc2ccccc21. The van der Waals surface area contributed by atoms with Crippen LogP contribution in [0.1, 0.15) is 11.6 Å². The first-order valence-electron chi connectivity index (χ1n) is 10.7. The summed E-state index contributed by atoms with van der Waals surface area (Å²) in [6, 6.07) is 17.9. The minimum absolute atomic E-state index is 0.129. The van der Waals surface area contributed by atoms with Gasteiger partial charge in [-0.3, -0.25) is 9.36 Å². The van der Waals surface area contributed by atoms with Gasteiger partial charge < -0.3 is 10.6 Å². The summed E-state index contributed by atoms with van der Waals surface area (Å²) in [6.07, 6.45) is 5.49. The Morgan fingerprint density at radius 3 is 2.79 bits per heavy atom. The van der Waals surface area contributed by atoms with Crippen LogP contribution >= 0.6 is 0 Å². The van der Waals surface area contributed by atoms with E-state index in [4.69, 9.17) is 10.8 Å². The molecule has 1 unspecified atom stereocenters. The topological polar surface area (TPSA) is 94.9 Å². The Labute approximate surface area is 189 Å². The van der Waals surface area contributed by atoms with E-state index in [-0.39, 0.29) is 11.9 Å². The molecule has 1 aliphatic rings. The van der Waals surface area contributed by atoms with E-state index < -0.39 is 0 Å². The number of nitrogens with zero attached hydrogens (tertiary/aromatic N) is 6. The van der Waals surface area contributed by atoms with Crippen LogP contribution in [0.25, 0.3) is 27.8 Å². The van der Waals surface area contributed by atoms with E-state index in [1.165, 1.54) is 12.4 Å². The van der Waals surface area contributed by atoms with Crippen LogP contribution in [0.15, 0.2) is 79.8 Å². The summed E-state index contributed by atoms with van der Waals surface area (Å²) in [5.41, 5.74) is 9.97. The molecule has 0 bridgehead atoms. The van der Waals surface area contributed by atoms with Crippen molar-refractivity contribution in [2.45, 2.75) is 12.5 Å². The first-order chi connectivity index (χ1) is 16.2. The van der Waals surface area contributed by atoms with Gasteiger partial charge >= 0.3 is 0 Å². The molecule has 8 nitrogen and oxygen atoms in total. The van der Waals surface area contributed by atoms with Gasteiger partial charge in [-0.25, -0.2) is 14.6 Å². The molecule has 4 heterocycles. The highest BCUT2D eigenvalue weighted by molar-refractivity contribution is 6.02. The second kappa shape index (κ2) is 7.30. The summed E-state index contributed by atoms with van der Waals surface area (Å²) in [4.78, 5) is 23.2. The molecule has 1 atom stereocenters. The van der Waals surface area contributed by atoms with Gasteiger partial charge in [0.25, 0.3) is 0 Å². The molecule has 0 saturated heterocycles. The molecule has 3 aromatic heterocycles. The standard InChI is InChI=1S/C25H21N7O/c1-2-21(33)31-14-18(13-17-8-4-6-10-20(17)31)32-24-22(23(26)27-15-28-24)25(29-32)30-12-11-16-7-3-5-9-19(16)30/h2-12,15,18H,1,13-14H2,(H2,26,27,28). The molecule has 0 spiro atoms. The number of fused-ring (bicyclic) bond motifs is 3. The van der Waals surface area contributed by atoms with Crippen LogP contribution < -0.4 is 10.6 Å². The van der Waals surface area contributed by atoms with Gasteiger partial charge in [-0.15, -0.1) is 0 Å². The molecule has 1 amide bonds. The number of aromatic nitrogens is 5. The number of rotatable bonds is 3. The van der Waals surface area contributed by atoms with Gasteiger partial charge in [-0.1, -0.05) is 43.0 Å². The Balaban J connectivity index is 1.55. The van der Waals surface area contributed by atoms with Crippen molar-refractivity contribution in [1.82, 2.24) is 24.3 Å². The van der Waals surface area contributed by atoms with Crippen LogP contribution in [0.3, 0.4) is 0 Å². The molecule has 0 saturated carbocycles. The lowest BCUT2D eigenvalue weighted by Crippen LogP contribution is -2.40. The van der Waals surface area contributed by atoms with Crippen molar-refractivity contribution in [3.05, 3.63) is 85.3 Å². The molecule has 1 aliphatic heterocycles. The number of carbonyl (C=O) groups excluding carboxylic acids is 1. The van der Waals surface area contributed by atoms with Gasteiger partial charge in [0, 0.05) is 18.4 Å². The zero-order valence-corrected chi connectivity index (χ0v) is 17.8.